The van der Waals surface area contributed by atoms with E-state index in [0.29, 0.717) is 18.0 Å². The van der Waals surface area contributed by atoms with E-state index >= 15 is 0 Å². The number of fused-ring (bicyclic) bond motifs is 1. The fourth-order valence-electron chi connectivity index (χ4n) is 3.19. The molecule has 3 aromatic rings. The number of hydrogen-bond donors (Lipinski definition) is 1. The first-order chi connectivity index (χ1) is 13.5. The highest BCUT2D eigenvalue weighted by Crippen LogP contribution is 2.38. The monoisotopic (exact) mass is 378 g/mol. The number of aromatic nitrogens is 3. The number of rotatable bonds is 5. The molecule has 2 heterocycles. The molecule has 1 aliphatic heterocycles. The minimum atomic E-state index is -0.356. The Balaban J connectivity index is 1.57. The van der Waals surface area contributed by atoms with Crippen LogP contribution in [0.5, 0.6) is 11.5 Å². The molecule has 2 aromatic carbocycles. The summed E-state index contributed by atoms with van der Waals surface area (Å²) in [7, 11) is 0. The van der Waals surface area contributed by atoms with Crippen LogP contribution in [0.1, 0.15) is 35.5 Å². The molecule has 28 heavy (non-hydrogen) atoms. The van der Waals surface area contributed by atoms with Crippen LogP contribution in [-0.4, -0.2) is 33.6 Å². The zero-order chi connectivity index (χ0) is 19.7. The lowest BCUT2D eigenvalue weighted by Gasteiger charge is -2.13. The molecule has 0 bridgehead atoms. The normalized spacial score (nSPS) is 15.0. The Morgan fingerprint density at radius 2 is 2.11 bits per heavy atom. The summed E-state index contributed by atoms with van der Waals surface area (Å²) in [6, 6.07) is 11.6. The van der Waals surface area contributed by atoms with Gasteiger partial charge < -0.3 is 14.8 Å². The Hall–Kier alpha value is -3.35. The Morgan fingerprint density at radius 1 is 1.32 bits per heavy atom. The molecule has 0 aliphatic carbocycles. The molecule has 1 N–H and O–H groups in total. The molecule has 144 valence electrons. The summed E-state index contributed by atoms with van der Waals surface area (Å²) in [4.78, 5) is 12.7. The number of carbonyl (C=O) groups excluding carboxylic acids is 1. The van der Waals surface area contributed by atoms with Crippen LogP contribution < -0.4 is 14.8 Å². The maximum Gasteiger partial charge on any atom is 0.277 e. The number of hydrogen-bond acceptors (Lipinski definition) is 5. The molecule has 0 radical (unpaired) electrons. The van der Waals surface area contributed by atoms with E-state index < -0.39 is 0 Å². The largest absolute Gasteiger partial charge is 0.492 e. The predicted molar refractivity (Wildman–Crippen MR) is 105 cm³/mol. The smallest absolute Gasteiger partial charge is 0.277 e. The highest BCUT2D eigenvalue weighted by Gasteiger charge is 2.23. The molecule has 1 aromatic heterocycles. The Morgan fingerprint density at radius 3 is 2.86 bits per heavy atom. The van der Waals surface area contributed by atoms with Crippen molar-refractivity contribution in [1.82, 2.24) is 15.0 Å². The molecule has 1 aliphatic rings. The van der Waals surface area contributed by atoms with Crippen LogP contribution in [-0.2, 0) is 6.42 Å². The molecular formula is C21H22N4O3. The van der Waals surface area contributed by atoms with Crippen LogP contribution >= 0.6 is 0 Å². The highest BCUT2D eigenvalue weighted by atomic mass is 16.5. The van der Waals surface area contributed by atoms with E-state index in [-0.39, 0.29) is 17.7 Å². The van der Waals surface area contributed by atoms with Crippen LogP contribution in [0.25, 0.3) is 5.69 Å². The van der Waals surface area contributed by atoms with Crippen molar-refractivity contribution in [1.29, 1.82) is 0 Å². The minimum absolute atomic E-state index is 0.116. The fraction of sp³-hybridized carbons (Fsp3) is 0.286. The van der Waals surface area contributed by atoms with Crippen molar-refractivity contribution in [2.24, 2.45) is 0 Å². The van der Waals surface area contributed by atoms with Gasteiger partial charge in [0, 0.05) is 18.1 Å². The van der Waals surface area contributed by atoms with Gasteiger partial charge in [-0.3, -0.25) is 4.79 Å². The van der Waals surface area contributed by atoms with Crippen molar-refractivity contribution in [2.75, 3.05) is 11.9 Å². The molecule has 1 unspecified atom stereocenters. The first-order valence-electron chi connectivity index (χ1n) is 9.30. The Kier molecular flexibility index (Phi) is 4.73. The molecule has 0 spiro atoms. The van der Waals surface area contributed by atoms with Crippen molar-refractivity contribution in [2.45, 2.75) is 33.3 Å². The number of amides is 1. The number of nitrogens with zero attached hydrogens (tertiary/aromatic N) is 3. The van der Waals surface area contributed by atoms with Crippen molar-refractivity contribution in [3.05, 3.63) is 59.4 Å². The van der Waals surface area contributed by atoms with Crippen molar-refractivity contribution >= 4 is 11.6 Å². The van der Waals surface area contributed by atoms with Gasteiger partial charge in [0.1, 0.15) is 17.6 Å². The average molecular weight is 378 g/mol. The lowest BCUT2D eigenvalue weighted by atomic mass is 10.1. The molecule has 0 fully saturated rings. The minimum Gasteiger partial charge on any atom is -0.492 e. The SMILES string of the molecule is CCOc1cc2c(cc1NC(=O)c1cn(-c3ccc(C)cc3)nn1)OC(C)C2. The lowest BCUT2D eigenvalue weighted by molar-refractivity contribution is 0.102. The topological polar surface area (TPSA) is 78.3 Å². The summed E-state index contributed by atoms with van der Waals surface area (Å²) in [5, 5.41) is 10.9. The van der Waals surface area contributed by atoms with E-state index in [2.05, 4.69) is 15.6 Å². The van der Waals surface area contributed by atoms with Crippen molar-refractivity contribution < 1.29 is 14.3 Å². The number of aryl methyl sites for hydroxylation is 1. The Bertz CT molecular complexity index is 1010. The van der Waals surface area contributed by atoms with Crippen LogP contribution in [0.4, 0.5) is 5.69 Å². The van der Waals surface area contributed by atoms with E-state index in [0.717, 1.165) is 29.0 Å². The van der Waals surface area contributed by atoms with Gasteiger partial charge in [0.25, 0.3) is 5.91 Å². The van der Waals surface area contributed by atoms with Crippen LogP contribution in [0.15, 0.2) is 42.6 Å². The molecule has 4 rings (SSSR count). The first kappa shape index (κ1) is 18.0. The summed E-state index contributed by atoms with van der Waals surface area (Å²) in [6.45, 7) is 6.44. The molecule has 7 nitrogen and oxygen atoms in total. The predicted octanol–water partition coefficient (Wildman–Crippen LogP) is 3.55. The average Bonchev–Trinajstić information content (AvgIpc) is 3.29. The van der Waals surface area contributed by atoms with E-state index in [9.17, 15) is 4.79 Å². The van der Waals surface area contributed by atoms with Crippen molar-refractivity contribution in [3.8, 4) is 17.2 Å². The highest BCUT2D eigenvalue weighted by molar-refractivity contribution is 6.03. The van der Waals surface area contributed by atoms with Gasteiger partial charge in [-0.15, -0.1) is 5.10 Å². The number of nitrogens with one attached hydrogen (secondary N) is 1. The van der Waals surface area contributed by atoms with Crippen LogP contribution in [0, 0.1) is 6.92 Å². The zero-order valence-electron chi connectivity index (χ0n) is 16.1. The van der Waals surface area contributed by atoms with Gasteiger partial charge in [0.2, 0.25) is 0 Å². The second-order valence-electron chi connectivity index (χ2n) is 6.86. The van der Waals surface area contributed by atoms with Crippen LogP contribution in [0.2, 0.25) is 0 Å². The molecule has 0 saturated heterocycles. The third-order valence-electron chi connectivity index (χ3n) is 4.57. The molecule has 0 saturated carbocycles. The fourth-order valence-corrected chi connectivity index (χ4v) is 3.19. The van der Waals surface area contributed by atoms with Crippen molar-refractivity contribution in [3.63, 3.8) is 0 Å². The number of carbonyl (C=O) groups is 1. The van der Waals surface area contributed by atoms with Gasteiger partial charge in [-0.05, 0) is 39.0 Å². The quantitative estimate of drug-likeness (QED) is 0.735. The van der Waals surface area contributed by atoms with Crippen LogP contribution in [0.3, 0.4) is 0 Å². The summed E-state index contributed by atoms with van der Waals surface area (Å²) >= 11 is 0. The van der Waals surface area contributed by atoms with Gasteiger partial charge in [-0.1, -0.05) is 22.9 Å². The third-order valence-corrected chi connectivity index (χ3v) is 4.57. The van der Waals surface area contributed by atoms with E-state index in [1.54, 1.807) is 10.9 Å². The third kappa shape index (κ3) is 3.55. The number of anilines is 1. The van der Waals surface area contributed by atoms with E-state index in [1.807, 2.05) is 57.2 Å². The molecule has 1 amide bonds. The second-order valence-corrected chi connectivity index (χ2v) is 6.86. The van der Waals surface area contributed by atoms with Gasteiger partial charge in [0.05, 0.1) is 24.2 Å². The maximum absolute atomic E-state index is 12.7. The molecule has 1 atom stereocenters. The Labute approximate surface area is 163 Å². The maximum atomic E-state index is 12.7. The number of benzene rings is 2. The van der Waals surface area contributed by atoms with Gasteiger partial charge in [-0.25, -0.2) is 4.68 Å². The standard InChI is InChI=1S/C21H22N4O3/c1-4-27-20-10-15-9-14(3)28-19(15)11-17(20)22-21(26)18-12-25(24-23-18)16-7-5-13(2)6-8-16/h5-8,10-12,14H,4,9H2,1-3H3,(H,22,26). The number of ether oxygens (including phenoxy) is 2. The summed E-state index contributed by atoms with van der Waals surface area (Å²) in [5.74, 6) is 1.04. The molecule has 7 heteroatoms. The summed E-state index contributed by atoms with van der Waals surface area (Å²) in [6.07, 6.45) is 2.55. The summed E-state index contributed by atoms with van der Waals surface area (Å²) in [5.41, 5.74) is 3.85. The molecular weight excluding hydrogens is 356 g/mol. The lowest BCUT2D eigenvalue weighted by Crippen LogP contribution is -2.13. The van der Waals surface area contributed by atoms with Gasteiger partial charge >= 0.3 is 0 Å². The van der Waals surface area contributed by atoms with Gasteiger partial charge in [0.15, 0.2) is 5.69 Å². The first-order valence-corrected chi connectivity index (χ1v) is 9.30. The zero-order valence-corrected chi connectivity index (χ0v) is 16.1. The van der Waals surface area contributed by atoms with E-state index in [4.69, 9.17) is 9.47 Å². The summed E-state index contributed by atoms with van der Waals surface area (Å²) < 4.78 is 13.1. The second kappa shape index (κ2) is 7.34. The van der Waals surface area contributed by atoms with E-state index in [1.165, 1.54) is 0 Å². The van der Waals surface area contributed by atoms with Gasteiger partial charge in [-0.2, -0.15) is 0 Å².